The number of benzene rings is 1. The van der Waals surface area contributed by atoms with E-state index in [0.717, 1.165) is 12.8 Å². The molecule has 1 nitrogen and oxygen atoms in total. The lowest BCUT2D eigenvalue weighted by molar-refractivity contribution is 0.224. The van der Waals surface area contributed by atoms with Gasteiger partial charge in [0.05, 0.1) is 0 Å². The second kappa shape index (κ2) is 4.30. The van der Waals surface area contributed by atoms with Crippen LogP contribution in [-0.4, -0.2) is 11.1 Å². The van der Waals surface area contributed by atoms with Crippen molar-refractivity contribution in [3.8, 4) is 0 Å². The first kappa shape index (κ1) is 12.4. The van der Waals surface area contributed by atoms with Crippen LogP contribution in [0.5, 0.6) is 0 Å². The van der Waals surface area contributed by atoms with E-state index in [1.807, 2.05) is 0 Å². The first-order valence-electron chi connectivity index (χ1n) is 6.40. The van der Waals surface area contributed by atoms with E-state index in [1.54, 1.807) is 5.57 Å². The third kappa shape index (κ3) is 3.44. The van der Waals surface area contributed by atoms with Crippen LogP contribution in [0.2, 0.25) is 0 Å². The zero-order chi connectivity index (χ0) is 12.5. The van der Waals surface area contributed by atoms with Gasteiger partial charge in [0.1, 0.15) is 0 Å². The Morgan fingerprint density at radius 1 is 0.941 bits per heavy atom. The molecule has 0 saturated carbocycles. The molecule has 0 radical (unpaired) electrons. The van der Waals surface area contributed by atoms with Crippen LogP contribution in [0.4, 0.5) is 0 Å². The van der Waals surface area contributed by atoms with Crippen molar-refractivity contribution >= 4 is 6.08 Å². The molecule has 1 aliphatic rings. The van der Waals surface area contributed by atoms with Gasteiger partial charge in [0, 0.05) is 11.1 Å². The van der Waals surface area contributed by atoms with Crippen LogP contribution in [0, 0.1) is 0 Å². The van der Waals surface area contributed by atoms with Gasteiger partial charge in [-0.2, -0.15) is 0 Å². The SMILES string of the molecule is CC1(C)CC(=Cc2ccccc2)CC(C)(C)N1. The topological polar surface area (TPSA) is 12.0 Å². The molecule has 2 rings (SSSR count). The number of piperidine rings is 1. The lowest BCUT2D eigenvalue weighted by Gasteiger charge is -2.44. The third-order valence-corrected chi connectivity index (χ3v) is 3.19. The van der Waals surface area contributed by atoms with E-state index in [0.29, 0.717) is 0 Å². The fraction of sp³-hybridized carbons (Fsp3) is 0.500. The fourth-order valence-electron chi connectivity index (χ4n) is 3.09. The highest BCUT2D eigenvalue weighted by atomic mass is 15.0. The minimum absolute atomic E-state index is 0.197. The molecule has 1 heteroatoms. The molecular formula is C16H23N. The van der Waals surface area contributed by atoms with Gasteiger partial charge in [0.25, 0.3) is 0 Å². The van der Waals surface area contributed by atoms with Gasteiger partial charge in [0.2, 0.25) is 0 Å². The van der Waals surface area contributed by atoms with Gasteiger partial charge in [-0.3, -0.25) is 0 Å². The fourth-order valence-corrected chi connectivity index (χ4v) is 3.09. The average Bonchev–Trinajstić information content (AvgIpc) is 2.13. The zero-order valence-corrected chi connectivity index (χ0v) is 11.4. The largest absolute Gasteiger partial charge is 0.306 e. The van der Waals surface area contributed by atoms with E-state index in [4.69, 9.17) is 0 Å². The van der Waals surface area contributed by atoms with Crippen molar-refractivity contribution in [1.29, 1.82) is 0 Å². The lowest BCUT2D eigenvalue weighted by atomic mass is 9.79. The number of rotatable bonds is 1. The molecule has 92 valence electrons. The monoisotopic (exact) mass is 229 g/mol. The minimum atomic E-state index is 0.197. The van der Waals surface area contributed by atoms with E-state index < -0.39 is 0 Å². The van der Waals surface area contributed by atoms with Crippen LogP contribution in [0.25, 0.3) is 6.08 Å². The van der Waals surface area contributed by atoms with Crippen LogP contribution in [-0.2, 0) is 0 Å². The van der Waals surface area contributed by atoms with Crippen molar-refractivity contribution in [1.82, 2.24) is 5.32 Å². The summed E-state index contributed by atoms with van der Waals surface area (Å²) in [6, 6.07) is 10.6. The van der Waals surface area contributed by atoms with Gasteiger partial charge in [0.15, 0.2) is 0 Å². The zero-order valence-electron chi connectivity index (χ0n) is 11.4. The third-order valence-electron chi connectivity index (χ3n) is 3.19. The summed E-state index contributed by atoms with van der Waals surface area (Å²) in [4.78, 5) is 0. The van der Waals surface area contributed by atoms with Gasteiger partial charge in [-0.25, -0.2) is 0 Å². The Morgan fingerprint density at radius 3 is 2.00 bits per heavy atom. The highest BCUT2D eigenvalue weighted by molar-refractivity contribution is 5.53. The molecule has 1 aromatic rings. The Bertz CT molecular complexity index is 394. The Kier molecular flexibility index (Phi) is 3.13. The molecular weight excluding hydrogens is 206 g/mol. The summed E-state index contributed by atoms with van der Waals surface area (Å²) in [5, 5.41) is 3.71. The number of nitrogens with one attached hydrogen (secondary N) is 1. The second-order valence-electron chi connectivity index (χ2n) is 6.46. The highest BCUT2D eigenvalue weighted by Gasteiger charge is 2.34. The molecule has 0 aliphatic carbocycles. The van der Waals surface area contributed by atoms with Crippen molar-refractivity contribution in [3.63, 3.8) is 0 Å². The molecule has 0 aromatic heterocycles. The van der Waals surface area contributed by atoms with Gasteiger partial charge >= 0.3 is 0 Å². The Labute approximate surface area is 105 Å². The van der Waals surface area contributed by atoms with Gasteiger partial charge in [-0.1, -0.05) is 42.0 Å². The summed E-state index contributed by atoms with van der Waals surface area (Å²) in [7, 11) is 0. The maximum absolute atomic E-state index is 3.71. The van der Waals surface area contributed by atoms with Crippen molar-refractivity contribution in [2.75, 3.05) is 0 Å². The van der Waals surface area contributed by atoms with Gasteiger partial charge in [-0.05, 0) is 46.1 Å². The first-order valence-corrected chi connectivity index (χ1v) is 6.40. The Balaban J connectivity index is 2.24. The van der Waals surface area contributed by atoms with Crippen LogP contribution >= 0.6 is 0 Å². The van der Waals surface area contributed by atoms with Crippen molar-refractivity contribution in [3.05, 3.63) is 41.5 Å². The summed E-state index contributed by atoms with van der Waals surface area (Å²) < 4.78 is 0. The smallest absolute Gasteiger partial charge is 0.0167 e. The summed E-state index contributed by atoms with van der Waals surface area (Å²) in [5.41, 5.74) is 3.26. The minimum Gasteiger partial charge on any atom is -0.306 e. The molecule has 0 unspecified atom stereocenters. The predicted octanol–water partition coefficient (Wildman–Crippen LogP) is 4.01. The predicted molar refractivity (Wildman–Crippen MR) is 74.9 cm³/mol. The van der Waals surface area contributed by atoms with E-state index in [-0.39, 0.29) is 11.1 Å². The highest BCUT2D eigenvalue weighted by Crippen LogP contribution is 2.33. The normalized spacial score (nSPS) is 22.2. The van der Waals surface area contributed by atoms with Crippen LogP contribution in [0.3, 0.4) is 0 Å². The van der Waals surface area contributed by atoms with E-state index in [2.05, 4.69) is 69.4 Å². The second-order valence-corrected chi connectivity index (χ2v) is 6.46. The summed E-state index contributed by atoms with van der Waals surface area (Å²) >= 11 is 0. The molecule has 1 N–H and O–H groups in total. The molecule has 0 atom stereocenters. The van der Waals surface area contributed by atoms with Crippen molar-refractivity contribution < 1.29 is 0 Å². The van der Waals surface area contributed by atoms with Crippen LogP contribution in [0.15, 0.2) is 35.9 Å². The number of hydrogen-bond donors (Lipinski definition) is 1. The molecule has 1 aliphatic heterocycles. The molecule has 0 spiro atoms. The van der Waals surface area contributed by atoms with Crippen LogP contribution in [0.1, 0.15) is 46.1 Å². The molecule has 17 heavy (non-hydrogen) atoms. The summed E-state index contributed by atoms with van der Waals surface area (Å²) in [5.74, 6) is 0. The molecule has 1 aromatic carbocycles. The number of hydrogen-bond acceptors (Lipinski definition) is 1. The van der Waals surface area contributed by atoms with E-state index in [9.17, 15) is 0 Å². The van der Waals surface area contributed by atoms with Gasteiger partial charge in [-0.15, -0.1) is 0 Å². The summed E-state index contributed by atoms with van der Waals surface area (Å²) in [6.45, 7) is 9.14. The lowest BCUT2D eigenvalue weighted by Crippen LogP contribution is -2.55. The Morgan fingerprint density at radius 2 is 1.47 bits per heavy atom. The average molecular weight is 229 g/mol. The van der Waals surface area contributed by atoms with Crippen molar-refractivity contribution in [2.24, 2.45) is 0 Å². The molecule has 0 bridgehead atoms. The summed E-state index contributed by atoms with van der Waals surface area (Å²) in [6.07, 6.45) is 4.61. The molecule has 1 heterocycles. The standard InChI is InChI=1S/C16H23N/c1-15(2)11-14(12-16(3,4)17-15)10-13-8-6-5-7-9-13/h5-10,17H,11-12H2,1-4H3. The van der Waals surface area contributed by atoms with Gasteiger partial charge < -0.3 is 5.32 Å². The van der Waals surface area contributed by atoms with E-state index >= 15 is 0 Å². The van der Waals surface area contributed by atoms with E-state index in [1.165, 1.54) is 5.56 Å². The quantitative estimate of drug-likeness (QED) is 0.767. The maximum atomic E-state index is 3.71. The van der Waals surface area contributed by atoms with Crippen LogP contribution < -0.4 is 5.32 Å². The maximum Gasteiger partial charge on any atom is 0.0167 e. The molecule has 0 amide bonds. The Hall–Kier alpha value is -1.08. The molecule has 1 fully saturated rings. The first-order chi connectivity index (χ1) is 7.86. The van der Waals surface area contributed by atoms with Crippen molar-refractivity contribution in [2.45, 2.75) is 51.6 Å². The molecule has 1 saturated heterocycles.